The van der Waals surface area contributed by atoms with Gasteiger partial charge in [-0.15, -0.1) is 23.7 Å². The largest absolute Gasteiger partial charge is 0.323 e. The monoisotopic (exact) mass is 205 g/mol. The zero-order valence-electron chi connectivity index (χ0n) is 7.32. The van der Waals surface area contributed by atoms with Gasteiger partial charge in [-0.1, -0.05) is 25.8 Å². The first-order valence-electron chi connectivity index (χ1n) is 4.13. The maximum atomic E-state index is 5.94. The van der Waals surface area contributed by atoms with E-state index in [0.29, 0.717) is 0 Å². The highest BCUT2D eigenvalue weighted by atomic mass is 35.5. The molecule has 1 aromatic rings. The maximum absolute atomic E-state index is 5.94. The molecule has 1 nitrogen and oxygen atoms in total. The molecule has 0 saturated carbocycles. The summed E-state index contributed by atoms with van der Waals surface area (Å²) in [5.41, 5.74) is 5.94. The van der Waals surface area contributed by atoms with Gasteiger partial charge in [-0.05, 0) is 17.9 Å². The molecule has 0 amide bonds. The third-order valence-electron chi connectivity index (χ3n) is 1.78. The lowest BCUT2D eigenvalue weighted by Gasteiger charge is -2.07. The molecule has 0 aliphatic carbocycles. The van der Waals surface area contributed by atoms with Gasteiger partial charge in [-0.2, -0.15) is 0 Å². The lowest BCUT2D eigenvalue weighted by molar-refractivity contribution is 0.611. The lowest BCUT2D eigenvalue weighted by Crippen LogP contribution is -2.07. The molecule has 0 aromatic carbocycles. The van der Waals surface area contributed by atoms with Crippen LogP contribution < -0.4 is 5.73 Å². The van der Waals surface area contributed by atoms with Gasteiger partial charge in [-0.3, -0.25) is 0 Å². The second kappa shape index (κ2) is 6.46. The first-order valence-corrected chi connectivity index (χ1v) is 5.01. The quantitative estimate of drug-likeness (QED) is 0.802. The summed E-state index contributed by atoms with van der Waals surface area (Å²) in [5, 5.41) is 2.08. The van der Waals surface area contributed by atoms with Crippen LogP contribution in [0.25, 0.3) is 0 Å². The van der Waals surface area contributed by atoms with Crippen LogP contribution in [-0.4, -0.2) is 0 Å². The molecule has 0 bridgehead atoms. The summed E-state index contributed by atoms with van der Waals surface area (Å²) in [6, 6.07) is 4.45. The van der Waals surface area contributed by atoms with E-state index in [4.69, 9.17) is 5.73 Å². The third kappa shape index (κ3) is 3.57. The molecule has 12 heavy (non-hydrogen) atoms. The number of halogens is 1. The maximum Gasteiger partial charge on any atom is 0.0389 e. The average molecular weight is 206 g/mol. The van der Waals surface area contributed by atoms with Crippen molar-refractivity contribution < 1.29 is 0 Å². The predicted octanol–water partition coefficient (Wildman–Crippen LogP) is 3.36. The van der Waals surface area contributed by atoms with Crippen LogP contribution in [0.5, 0.6) is 0 Å². The van der Waals surface area contributed by atoms with Crippen molar-refractivity contribution in [1.29, 1.82) is 0 Å². The summed E-state index contributed by atoms with van der Waals surface area (Å²) in [5.74, 6) is 0. The van der Waals surface area contributed by atoms with Gasteiger partial charge in [0.15, 0.2) is 0 Å². The predicted molar refractivity (Wildman–Crippen MR) is 58.0 cm³/mol. The molecule has 1 rings (SSSR count). The highest BCUT2D eigenvalue weighted by Crippen LogP contribution is 2.20. The summed E-state index contributed by atoms with van der Waals surface area (Å²) in [4.78, 5) is 1.32. The molecule has 3 heteroatoms. The summed E-state index contributed by atoms with van der Waals surface area (Å²) in [6.07, 6.45) is 3.59. The molecule has 1 aromatic heterocycles. The van der Waals surface area contributed by atoms with Crippen LogP contribution in [0, 0.1) is 0 Å². The van der Waals surface area contributed by atoms with Crippen molar-refractivity contribution in [3.8, 4) is 0 Å². The fourth-order valence-corrected chi connectivity index (χ4v) is 1.83. The third-order valence-corrected chi connectivity index (χ3v) is 2.78. The normalized spacial score (nSPS) is 12.2. The Morgan fingerprint density at radius 1 is 1.58 bits per heavy atom. The van der Waals surface area contributed by atoms with E-state index in [-0.39, 0.29) is 18.4 Å². The molecule has 2 N–H and O–H groups in total. The van der Waals surface area contributed by atoms with Crippen LogP contribution in [0.3, 0.4) is 0 Å². The molecule has 1 atom stereocenters. The smallest absolute Gasteiger partial charge is 0.0389 e. The molecule has 0 aliphatic heterocycles. The first-order chi connectivity index (χ1) is 5.34. The van der Waals surface area contributed by atoms with Gasteiger partial charge in [0.05, 0.1) is 0 Å². The van der Waals surface area contributed by atoms with E-state index in [1.807, 2.05) is 0 Å². The van der Waals surface area contributed by atoms with Crippen LogP contribution in [0.4, 0.5) is 0 Å². The lowest BCUT2D eigenvalue weighted by atomic mass is 10.1. The second-order valence-corrected chi connectivity index (χ2v) is 3.74. The molecule has 0 saturated heterocycles. The Hall–Kier alpha value is -0.0500. The molecule has 1 unspecified atom stereocenters. The molecule has 70 valence electrons. The van der Waals surface area contributed by atoms with E-state index in [1.54, 1.807) is 11.3 Å². The molecule has 0 radical (unpaired) electrons. The van der Waals surface area contributed by atoms with Gasteiger partial charge in [0, 0.05) is 10.9 Å². The number of nitrogens with two attached hydrogens (primary N) is 1. The van der Waals surface area contributed by atoms with Gasteiger partial charge in [0.25, 0.3) is 0 Å². The number of hydrogen-bond donors (Lipinski definition) is 1. The van der Waals surface area contributed by atoms with E-state index in [0.717, 1.165) is 6.42 Å². The highest BCUT2D eigenvalue weighted by Gasteiger charge is 2.04. The minimum Gasteiger partial charge on any atom is -0.323 e. The Kier molecular flexibility index (Phi) is 6.44. The second-order valence-electron chi connectivity index (χ2n) is 2.76. The summed E-state index contributed by atoms with van der Waals surface area (Å²) >= 11 is 1.76. The van der Waals surface area contributed by atoms with E-state index in [1.165, 1.54) is 17.7 Å². The molecule has 0 aliphatic rings. The van der Waals surface area contributed by atoms with Crippen molar-refractivity contribution in [3.05, 3.63) is 22.4 Å². The van der Waals surface area contributed by atoms with Gasteiger partial charge in [0.2, 0.25) is 0 Å². The van der Waals surface area contributed by atoms with Crippen LogP contribution in [0.2, 0.25) is 0 Å². The van der Waals surface area contributed by atoms with Crippen LogP contribution in [0.15, 0.2) is 17.5 Å². The standard InChI is InChI=1S/C9H15NS.ClH/c1-2-3-5-8(10)9-6-4-7-11-9;/h4,6-8H,2-3,5,10H2,1H3;1H. The van der Waals surface area contributed by atoms with Crippen molar-refractivity contribution in [2.75, 3.05) is 0 Å². The Labute approximate surface area is 84.4 Å². The Balaban J connectivity index is 0.00000121. The Morgan fingerprint density at radius 2 is 2.33 bits per heavy atom. The first kappa shape index (κ1) is 11.9. The zero-order valence-corrected chi connectivity index (χ0v) is 8.96. The average Bonchev–Trinajstić information content (AvgIpc) is 2.52. The van der Waals surface area contributed by atoms with Gasteiger partial charge in [-0.25, -0.2) is 0 Å². The molecular formula is C9H16ClNS. The highest BCUT2D eigenvalue weighted by molar-refractivity contribution is 7.10. The fraction of sp³-hybridized carbons (Fsp3) is 0.556. The van der Waals surface area contributed by atoms with Crippen molar-refractivity contribution in [2.24, 2.45) is 5.73 Å². The van der Waals surface area contributed by atoms with Gasteiger partial charge in [0.1, 0.15) is 0 Å². The summed E-state index contributed by atoms with van der Waals surface area (Å²) in [6.45, 7) is 2.20. The number of rotatable bonds is 4. The summed E-state index contributed by atoms with van der Waals surface area (Å²) in [7, 11) is 0. The van der Waals surface area contributed by atoms with Gasteiger partial charge >= 0.3 is 0 Å². The van der Waals surface area contributed by atoms with E-state index in [2.05, 4.69) is 24.4 Å². The molecular weight excluding hydrogens is 190 g/mol. The fourth-order valence-electron chi connectivity index (χ4n) is 1.07. The molecule has 0 spiro atoms. The summed E-state index contributed by atoms with van der Waals surface area (Å²) < 4.78 is 0. The van der Waals surface area contributed by atoms with E-state index < -0.39 is 0 Å². The topological polar surface area (TPSA) is 26.0 Å². The van der Waals surface area contributed by atoms with Crippen LogP contribution in [-0.2, 0) is 0 Å². The van der Waals surface area contributed by atoms with E-state index >= 15 is 0 Å². The van der Waals surface area contributed by atoms with Crippen molar-refractivity contribution >= 4 is 23.7 Å². The Bertz CT molecular complexity index is 186. The molecule has 1 heterocycles. The zero-order chi connectivity index (χ0) is 8.10. The minimum absolute atomic E-state index is 0. The number of thiophene rings is 1. The van der Waals surface area contributed by atoms with Crippen molar-refractivity contribution in [3.63, 3.8) is 0 Å². The number of unbranched alkanes of at least 4 members (excludes halogenated alkanes) is 1. The van der Waals surface area contributed by atoms with E-state index in [9.17, 15) is 0 Å². The number of hydrogen-bond acceptors (Lipinski definition) is 2. The van der Waals surface area contributed by atoms with Crippen molar-refractivity contribution in [2.45, 2.75) is 32.2 Å². The molecule has 0 fully saturated rings. The minimum atomic E-state index is 0. The van der Waals surface area contributed by atoms with Crippen LogP contribution >= 0.6 is 23.7 Å². The van der Waals surface area contributed by atoms with Crippen LogP contribution in [0.1, 0.15) is 37.1 Å². The van der Waals surface area contributed by atoms with Crippen molar-refractivity contribution in [1.82, 2.24) is 0 Å². The SMILES string of the molecule is CCCCC(N)c1cccs1.Cl. The Morgan fingerprint density at radius 3 is 2.83 bits per heavy atom. The van der Waals surface area contributed by atoms with Gasteiger partial charge < -0.3 is 5.73 Å².